The van der Waals surface area contributed by atoms with Gasteiger partial charge >= 0.3 is 0 Å². The molecule has 12 heteroatoms. The molecule has 9 rings (SSSR count). The Morgan fingerprint density at radius 1 is 0.346 bits per heavy atom. The summed E-state index contributed by atoms with van der Waals surface area (Å²) in [7, 11) is 0. The van der Waals surface area contributed by atoms with Gasteiger partial charge in [-0.2, -0.15) is 84.6 Å². The van der Waals surface area contributed by atoms with E-state index >= 15 is 0 Å². The predicted molar refractivity (Wildman–Crippen MR) is 285 cm³/mol. The molecular weight excluding hydrogens is 2480 g/mol. The van der Waals surface area contributed by atoms with Gasteiger partial charge in [-0.15, -0.1) is 0 Å². The maximum absolute atomic E-state index is 3.09. The van der Waals surface area contributed by atoms with Crippen LogP contribution in [0, 0.1) is 166 Å². The van der Waals surface area contributed by atoms with Crippen LogP contribution in [-0.2, 0) is 249 Å². The van der Waals surface area contributed by atoms with Gasteiger partial charge in [0.1, 0.15) is 0 Å². The van der Waals surface area contributed by atoms with Gasteiger partial charge in [-0.3, -0.25) is 72.8 Å². The van der Waals surface area contributed by atoms with E-state index in [9.17, 15) is 0 Å². The molecule has 0 atom stereocenters. The van der Waals surface area contributed by atoms with Crippen LogP contribution in [0.1, 0.15) is 134 Å². The first-order valence-corrected chi connectivity index (χ1v) is 25.0. The molecule has 0 bridgehead atoms. The van der Waals surface area contributed by atoms with E-state index in [4.69, 9.17) is 0 Å². The molecule has 78 heavy (non-hydrogen) atoms. The summed E-state index contributed by atoms with van der Waals surface area (Å²) in [6.07, 6.45) is 25.0. The molecule has 0 spiro atoms. The zero-order chi connectivity index (χ0) is 46.4. The maximum Gasteiger partial charge on any atom is 0 e. The van der Waals surface area contributed by atoms with Crippen molar-refractivity contribution in [1.29, 1.82) is 0 Å². The van der Waals surface area contributed by atoms with Crippen molar-refractivity contribution in [2.75, 3.05) is 0 Å². The fraction of sp³-hybridized carbons (Fsp3) is 0.348. The zero-order valence-electron chi connectivity index (χ0n) is 46.3. The molecule has 0 nitrogen and oxygen atoms in total. The molecule has 0 aromatic heterocycles. The fourth-order valence-electron chi connectivity index (χ4n) is 8.49. The molecular formula is C66H79U3V3W3Y3-9. The van der Waals surface area contributed by atoms with Crippen molar-refractivity contribution in [3.05, 3.63) is 258 Å². The zero-order valence-corrected chi connectivity index (χ0v) is 80.3. The number of aryl methyl sites for hydroxylation is 2. The van der Waals surface area contributed by atoms with Crippen LogP contribution in [0.15, 0.2) is 170 Å². The largest absolute Gasteiger partial charge is 0.328 e. The van der Waals surface area contributed by atoms with E-state index in [1.807, 2.05) is 97.1 Å². The normalized spacial score (nSPS) is 12.8. The molecule has 2 aliphatic rings. The van der Waals surface area contributed by atoms with E-state index in [2.05, 4.69) is 149 Å². The molecule has 0 N–H and O–H groups in total. The fourth-order valence-corrected chi connectivity index (χ4v) is 8.49. The van der Waals surface area contributed by atoms with Crippen LogP contribution >= 0.6 is 0 Å². The van der Waals surface area contributed by atoms with E-state index in [0.29, 0.717) is 0 Å². The molecule has 0 saturated heterocycles. The Morgan fingerprint density at radius 3 is 0.923 bits per heavy atom. The van der Waals surface area contributed by atoms with E-state index in [1.165, 1.54) is 136 Å². The Balaban J connectivity index is -0.0000000797. The summed E-state index contributed by atoms with van der Waals surface area (Å²) in [6.45, 7) is 6.77. The van der Waals surface area contributed by atoms with Crippen LogP contribution < -0.4 is 0 Å². The molecule has 0 unspecified atom stereocenters. The van der Waals surface area contributed by atoms with Crippen LogP contribution in [0.2, 0.25) is 0 Å². The Hall–Kier alpha value is 4.83. The van der Waals surface area contributed by atoms with Gasteiger partial charge in [0, 0.05) is 313 Å². The Bertz CT molecular complexity index is 1970. The van der Waals surface area contributed by atoms with Crippen molar-refractivity contribution in [2.45, 2.75) is 130 Å². The maximum atomic E-state index is 3.09. The van der Waals surface area contributed by atoms with Crippen molar-refractivity contribution in [3.8, 4) is 0 Å². The van der Waals surface area contributed by atoms with Gasteiger partial charge in [0.15, 0.2) is 0 Å². The number of benzene rings is 7. The van der Waals surface area contributed by atoms with Crippen molar-refractivity contribution < 1.29 is 313 Å². The van der Waals surface area contributed by atoms with E-state index < -0.39 is 0 Å². The van der Waals surface area contributed by atoms with Gasteiger partial charge in [-0.25, -0.2) is 0 Å². The Morgan fingerprint density at radius 2 is 0.603 bits per heavy atom. The average Bonchev–Trinajstić information content (AvgIpc) is 3.39. The number of hydrogen-bond donors (Lipinski definition) is 0. The molecule has 6 radical (unpaired) electrons. The number of rotatable bonds is 12. The Kier molecular flexibility index (Phi) is 94.7. The van der Waals surface area contributed by atoms with Gasteiger partial charge in [0.2, 0.25) is 0 Å². The van der Waals surface area contributed by atoms with Gasteiger partial charge < -0.3 is 42.8 Å². The van der Waals surface area contributed by atoms with Gasteiger partial charge in [-0.05, 0) is 85.0 Å². The molecule has 2 saturated carbocycles. The first-order chi connectivity index (χ1) is 32.6. The van der Waals surface area contributed by atoms with Crippen LogP contribution in [0.5, 0.6) is 0 Å². The standard InChI is InChI=1S/2C16H23.C16H17.3C6H4.3U.3V.3W.3Y.2H2/c3*1-2-6-14-9-11-16(12-10-14)13-15-7-4-3-5-8-15;3*1-2-4-6-5-3-1;;;;;;;;;;;;;;/h4-5,7-8,14,16H,2,6,9-13H2,1H3;3,9-12,15H,2,4-8,13H2,1H3;4-5,7-12H,2,6,13H2,1H3;3*1-2,5-6H;;;;;;;;;;;;;2*1H/q3*-1;3*-2;;;;;;;;;;;;;;. The molecule has 406 valence electrons. The smallest absolute Gasteiger partial charge is 0 e. The summed E-state index contributed by atoms with van der Waals surface area (Å²) in [4.78, 5) is 0. The minimum atomic E-state index is 0. The SMILES string of the molecule is CCCC1CCC(Cc2cc[c-]cc2)CC1.CCCc1ccc(CC2CC[CH-]CC2)cc1.CCCc1ccc(Cc2cc[c-]cc2)cc1.[HH].[HH].[U].[U].[U].[V].[V].[V].[W].[W].[W].[Y].[Y].[Y].[c-]1cc[c-]cc1.[c-]1cc[c-]cc1.[c-]1cc[c-]cc1. The second kappa shape index (κ2) is 72.6. The third-order valence-electron chi connectivity index (χ3n) is 12.0. The molecule has 7 aromatic carbocycles. The van der Waals surface area contributed by atoms with Crippen LogP contribution in [0.3, 0.4) is 0 Å². The first-order valence-electron chi connectivity index (χ1n) is 25.0. The van der Waals surface area contributed by atoms with E-state index in [0.717, 1.165) is 24.2 Å². The summed E-state index contributed by atoms with van der Waals surface area (Å²) in [5, 5.41) is 0. The second-order valence-electron chi connectivity index (χ2n) is 17.5. The molecule has 0 heterocycles. The van der Waals surface area contributed by atoms with Crippen molar-refractivity contribution in [2.24, 2.45) is 17.8 Å². The molecule has 2 aliphatic carbocycles. The third-order valence-corrected chi connectivity index (χ3v) is 12.0. The number of hydrogen-bond acceptors (Lipinski definition) is 0. The average molecular weight is 2560 g/mol. The summed E-state index contributed by atoms with van der Waals surface area (Å²) in [5.41, 5.74) is 8.69. The van der Waals surface area contributed by atoms with Crippen LogP contribution in [-0.4, -0.2) is 0 Å². The van der Waals surface area contributed by atoms with Crippen LogP contribution in [0.4, 0.5) is 0 Å². The molecule has 7 aromatic rings. The first kappa shape index (κ1) is 102. The van der Waals surface area contributed by atoms with Crippen LogP contribution in [0.25, 0.3) is 0 Å². The monoisotopic (exact) mass is 2560 g/mol. The molecule has 2 fully saturated rings. The predicted octanol–water partition coefficient (Wildman–Crippen LogP) is 17.6. The van der Waals surface area contributed by atoms with Crippen molar-refractivity contribution >= 4 is 0 Å². The van der Waals surface area contributed by atoms with E-state index in [1.54, 1.807) is 0 Å². The second-order valence-corrected chi connectivity index (χ2v) is 17.5. The summed E-state index contributed by atoms with van der Waals surface area (Å²) in [6, 6.07) is 80.1. The third kappa shape index (κ3) is 53.8. The molecule has 0 amide bonds. The Labute approximate surface area is 705 Å². The topological polar surface area (TPSA) is 0 Å². The van der Waals surface area contributed by atoms with Gasteiger partial charge in [-0.1, -0.05) is 121 Å². The van der Waals surface area contributed by atoms with Crippen molar-refractivity contribution in [3.63, 3.8) is 0 Å². The van der Waals surface area contributed by atoms with Gasteiger partial charge in [0.05, 0.1) is 0 Å². The van der Waals surface area contributed by atoms with E-state index in [-0.39, 0.29) is 313 Å². The quantitative estimate of drug-likeness (QED) is 0.107. The minimum Gasteiger partial charge on any atom is -0.328 e. The molecule has 0 aliphatic heterocycles. The summed E-state index contributed by atoms with van der Waals surface area (Å²) < 4.78 is 0. The summed E-state index contributed by atoms with van der Waals surface area (Å²) >= 11 is 0. The van der Waals surface area contributed by atoms with Crippen molar-refractivity contribution in [1.82, 2.24) is 0 Å². The minimum absolute atomic E-state index is 0. The van der Waals surface area contributed by atoms with Gasteiger partial charge in [0.25, 0.3) is 0 Å². The summed E-state index contributed by atoms with van der Waals surface area (Å²) in [5.74, 6) is 2.91.